The molecule has 0 unspecified atom stereocenters. The average Bonchev–Trinajstić information content (AvgIpc) is 1.89. The van der Waals surface area contributed by atoms with Gasteiger partial charge in [-0.15, -0.1) is 0 Å². The molecular formula is C6H12NO2. The van der Waals surface area contributed by atoms with Gasteiger partial charge in [-0.25, -0.2) is 5.32 Å². The zero-order valence-electron chi connectivity index (χ0n) is 5.89. The van der Waals surface area contributed by atoms with Crippen LogP contribution in [-0.2, 0) is 9.53 Å². The standard InChI is InChI=1S/C6H12NO2/c1-3-4-7-5-6(8)9-2/h3-5H2,1-2H3. The number of esters is 1. The molecule has 0 fully saturated rings. The smallest absolute Gasteiger partial charge is 0.321 e. The van der Waals surface area contributed by atoms with Crippen LogP contribution in [0, 0.1) is 0 Å². The second-order valence-corrected chi connectivity index (χ2v) is 1.68. The summed E-state index contributed by atoms with van der Waals surface area (Å²) in [7, 11) is 1.36. The molecule has 0 spiro atoms. The predicted molar refractivity (Wildman–Crippen MR) is 34.2 cm³/mol. The molecule has 1 radical (unpaired) electrons. The third kappa shape index (κ3) is 5.30. The van der Waals surface area contributed by atoms with Gasteiger partial charge in [0.05, 0.1) is 7.11 Å². The van der Waals surface area contributed by atoms with Gasteiger partial charge in [-0.05, 0) is 6.42 Å². The Labute approximate surface area is 55.4 Å². The largest absolute Gasteiger partial charge is 0.468 e. The first-order valence-corrected chi connectivity index (χ1v) is 3.01. The normalized spacial score (nSPS) is 9.11. The molecule has 0 aromatic rings. The van der Waals surface area contributed by atoms with E-state index in [9.17, 15) is 4.79 Å². The van der Waals surface area contributed by atoms with E-state index in [1.807, 2.05) is 6.92 Å². The van der Waals surface area contributed by atoms with Crippen molar-refractivity contribution >= 4 is 5.97 Å². The van der Waals surface area contributed by atoms with E-state index in [0.717, 1.165) is 13.0 Å². The molecule has 9 heavy (non-hydrogen) atoms. The van der Waals surface area contributed by atoms with E-state index in [2.05, 4.69) is 10.1 Å². The minimum Gasteiger partial charge on any atom is -0.468 e. The fraction of sp³-hybridized carbons (Fsp3) is 0.833. The highest BCUT2D eigenvalue weighted by Gasteiger charge is 1.96. The van der Waals surface area contributed by atoms with Crippen molar-refractivity contribution < 1.29 is 9.53 Å². The van der Waals surface area contributed by atoms with Gasteiger partial charge in [-0.2, -0.15) is 0 Å². The number of ether oxygens (including phenoxy) is 1. The van der Waals surface area contributed by atoms with Gasteiger partial charge in [0.2, 0.25) is 0 Å². The quantitative estimate of drug-likeness (QED) is 0.402. The van der Waals surface area contributed by atoms with Crippen molar-refractivity contribution in [3.05, 3.63) is 0 Å². The lowest BCUT2D eigenvalue weighted by molar-refractivity contribution is -0.139. The van der Waals surface area contributed by atoms with E-state index in [4.69, 9.17) is 0 Å². The Balaban J connectivity index is 2.97. The zero-order valence-corrected chi connectivity index (χ0v) is 5.89. The number of methoxy groups -OCH3 is 1. The highest BCUT2D eigenvalue weighted by molar-refractivity contribution is 5.71. The summed E-state index contributed by atoms with van der Waals surface area (Å²) in [6, 6.07) is 0. The number of rotatable bonds is 4. The number of nitrogens with zero attached hydrogens (tertiary/aromatic N) is 1. The summed E-state index contributed by atoms with van der Waals surface area (Å²) in [4.78, 5) is 10.4. The molecule has 0 bridgehead atoms. The molecule has 0 rings (SSSR count). The van der Waals surface area contributed by atoms with Gasteiger partial charge in [-0.1, -0.05) is 6.92 Å². The molecule has 0 heterocycles. The van der Waals surface area contributed by atoms with Crippen LogP contribution in [0.15, 0.2) is 0 Å². The minimum absolute atomic E-state index is 0.199. The van der Waals surface area contributed by atoms with Crippen LogP contribution in [0.2, 0.25) is 0 Å². The van der Waals surface area contributed by atoms with Crippen molar-refractivity contribution in [3.8, 4) is 0 Å². The van der Waals surface area contributed by atoms with Crippen molar-refractivity contribution in [2.24, 2.45) is 0 Å². The first-order chi connectivity index (χ1) is 4.31. The lowest BCUT2D eigenvalue weighted by Gasteiger charge is -1.96. The van der Waals surface area contributed by atoms with Crippen molar-refractivity contribution in [1.29, 1.82) is 0 Å². The third-order valence-corrected chi connectivity index (χ3v) is 0.850. The second kappa shape index (κ2) is 5.56. The van der Waals surface area contributed by atoms with Gasteiger partial charge in [0, 0.05) is 6.54 Å². The summed E-state index contributed by atoms with van der Waals surface area (Å²) >= 11 is 0. The van der Waals surface area contributed by atoms with Gasteiger partial charge in [0.1, 0.15) is 6.54 Å². The van der Waals surface area contributed by atoms with Crippen LogP contribution < -0.4 is 5.32 Å². The molecule has 0 N–H and O–H groups in total. The van der Waals surface area contributed by atoms with E-state index < -0.39 is 0 Å². The van der Waals surface area contributed by atoms with Crippen LogP contribution in [0.3, 0.4) is 0 Å². The van der Waals surface area contributed by atoms with Gasteiger partial charge in [0.25, 0.3) is 0 Å². The first kappa shape index (κ1) is 8.43. The highest BCUT2D eigenvalue weighted by atomic mass is 16.5. The minimum atomic E-state index is -0.261. The number of hydrogen-bond acceptors (Lipinski definition) is 2. The van der Waals surface area contributed by atoms with Gasteiger partial charge in [0.15, 0.2) is 0 Å². The van der Waals surface area contributed by atoms with Crippen LogP contribution >= 0.6 is 0 Å². The van der Waals surface area contributed by atoms with Crippen molar-refractivity contribution in [3.63, 3.8) is 0 Å². The SMILES string of the molecule is CCC[N]CC(=O)OC. The maximum Gasteiger partial charge on any atom is 0.321 e. The maximum atomic E-state index is 10.4. The Morgan fingerprint density at radius 1 is 1.67 bits per heavy atom. The molecule has 0 atom stereocenters. The van der Waals surface area contributed by atoms with Crippen molar-refractivity contribution in [2.75, 3.05) is 20.2 Å². The summed E-state index contributed by atoms with van der Waals surface area (Å²) in [6.07, 6.45) is 0.983. The van der Waals surface area contributed by atoms with Crippen molar-refractivity contribution in [2.45, 2.75) is 13.3 Å². The van der Waals surface area contributed by atoms with Gasteiger partial charge < -0.3 is 4.74 Å². The molecule has 0 aromatic heterocycles. The van der Waals surface area contributed by atoms with Crippen LogP contribution in [0.5, 0.6) is 0 Å². The van der Waals surface area contributed by atoms with Crippen LogP contribution in [-0.4, -0.2) is 26.2 Å². The predicted octanol–water partition coefficient (Wildman–Crippen LogP) is 0.174. The maximum absolute atomic E-state index is 10.4. The number of carbonyl (C=O) groups is 1. The lowest BCUT2D eigenvalue weighted by atomic mass is 10.5. The van der Waals surface area contributed by atoms with E-state index in [0.29, 0.717) is 0 Å². The molecule has 0 aliphatic rings. The van der Waals surface area contributed by atoms with Crippen LogP contribution in [0.25, 0.3) is 0 Å². The van der Waals surface area contributed by atoms with Crippen molar-refractivity contribution in [1.82, 2.24) is 5.32 Å². The third-order valence-electron chi connectivity index (χ3n) is 0.850. The average molecular weight is 130 g/mol. The molecule has 0 saturated heterocycles. The molecule has 0 aliphatic carbocycles. The van der Waals surface area contributed by atoms with Gasteiger partial charge >= 0.3 is 5.97 Å². The fourth-order valence-electron chi connectivity index (χ4n) is 0.393. The number of carbonyl (C=O) groups excluding carboxylic acids is 1. The van der Waals surface area contributed by atoms with Crippen LogP contribution in [0.4, 0.5) is 0 Å². The van der Waals surface area contributed by atoms with E-state index in [1.165, 1.54) is 7.11 Å². The van der Waals surface area contributed by atoms with Gasteiger partial charge in [-0.3, -0.25) is 4.79 Å². The second-order valence-electron chi connectivity index (χ2n) is 1.68. The fourth-order valence-corrected chi connectivity index (χ4v) is 0.393. The highest BCUT2D eigenvalue weighted by Crippen LogP contribution is 1.74. The molecule has 53 valence electrons. The Morgan fingerprint density at radius 3 is 2.78 bits per heavy atom. The molecule has 3 heteroatoms. The summed E-state index contributed by atoms with van der Waals surface area (Å²) in [5.41, 5.74) is 0. The first-order valence-electron chi connectivity index (χ1n) is 3.01. The molecule has 0 aliphatic heterocycles. The molecular weight excluding hydrogens is 118 g/mol. The summed E-state index contributed by atoms with van der Waals surface area (Å²) < 4.78 is 4.36. The summed E-state index contributed by atoms with van der Waals surface area (Å²) in [5, 5.41) is 3.89. The molecule has 0 aromatic carbocycles. The Hall–Kier alpha value is -0.570. The van der Waals surface area contributed by atoms with Crippen LogP contribution in [0.1, 0.15) is 13.3 Å². The van der Waals surface area contributed by atoms with E-state index >= 15 is 0 Å². The monoisotopic (exact) mass is 130 g/mol. The zero-order chi connectivity index (χ0) is 7.11. The molecule has 0 amide bonds. The number of hydrogen-bond donors (Lipinski definition) is 0. The lowest BCUT2D eigenvalue weighted by Crippen LogP contribution is -2.17. The summed E-state index contributed by atoms with van der Waals surface area (Å²) in [5.74, 6) is -0.261. The summed E-state index contributed by atoms with van der Waals surface area (Å²) in [6.45, 7) is 2.96. The topological polar surface area (TPSA) is 40.4 Å². The molecule has 0 saturated carbocycles. The van der Waals surface area contributed by atoms with E-state index in [1.54, 1.807) is 0 Å². The Kier molecular flexibility index (Phi) is 5.21. The van der Waals surface area contributed by atoms with E-state index in [-0.39, 0.29) is 12.5 Å². The Morgan fingerprint density at radius 2 is 2.33 bits per heavy atom. The Bertz CT molecular complexity index is 83.1. The molecule has 3 nitrogen and oxygen atoms in total.